The Labute approximate surface area is 71.6 Å². The highest BCUT2D eigenvalue weighted by Gasteiger charge is 2.15. The molecule has 0 aromatic rings. The van der Waals surface area contributed by atoms with Gasteiger partial charge in [-0.1, -0.05) is 34.1 Å². The standard InChI is InChI=1S/C10H23N/c1-6-8(3)9(4)10(5)11-7-2/h8-11H,6-7H2,1-5H3. The number of hydrogen-bond donors (Lipinski definition) is 1. The second-order valence-corrected chi connectivity index (χ2v) is 3.59. The molecule has 0 aromatic heterocycles. The van der Waals surface area contributed by atoms with E-state index >= 15 is 0 Å². The Kier molecular flexibility index (Phi) is 5.57. The number of rotatable bonds is 5. The second-order valence-electron chi connectivity index (χ2n) is 3.59. The molecule has 0 saturated heterocycles. The van der Waals surface area contributed by atoms with Gasteiger partial charge in [-0.15, -0.1) is 0 Å². The van der Waals surface area contributed by atoms with Crippen molar-refractivity contribution in [2.24, 2.45) is 11.8 Å². The van der Waals surface area contributed by atoms with Crippen molar-refractivity contribution in [2.75, 3.05) is 6.54 Å². The molecule has 0 spiro atoms. The maximum absolute atomic E-state index is 3.46. The van der Waals surface area contributed by atoms with E-state index in [1.807, 2.05) is 0 Å². The molecule has 0 fully saturated rings. The summed E-state index contributed by atoms with van der Waals surface area (Å²) in [4.78, 5) is 0. The van der Waals surface area contributed by atoms with Gasteiger partial charge in [-0.25, -0.2) is 0 Å². The topological polar surface area (TPSA) is 12.0 Å². The zero-order valence-electron chi connectivity index (χ0n) is 8.65. The third-order valence-electron chi connectivity index (χ3n) is 2.86. The van der Waals surface area contributed by atoms with Crippen LogP contribution in [0, 0.1) is 11.8 Å². The Morgan fingerprint density at radius 3 is 2.00 bits per heavy atom. The van der Waals surface area contributed by atoms with E-state index in [1.165, 1.54) is 6.42 Å². The van der Waals surface area contributed by atoms with E-state index in [4.69, 9.17) is 0 Å². The molecule has 0 amide bonds. The average Bonchev–Trinajstić information content (AvgIpc) is 2.02. The van der Waals surface area contributed by atoms with Crippen LogP contribution in [0.15, 0.2) is 0 Å². The van der Waals surface area contributed by atoms with Gasteiger partial charge >= 0.3 is 0 Å². The molecular weight excluding hydrogens is 134 g/mol. The molecule has 68 valence electrons. The summed E-state index contributed by atoms with van der Waals surface area (Å²) in [7, 11) is 0. The van der Waals surface area contributed by atoms with Crippen LogP contribution < -0.4 is 5.32 Å². The van der Waals surface area contributed by atoms with Gasteiger partial charge in [0.1, 0.15) is 0 Å². The van der Waals surface area contributed by atoms with Crippen molar-refractivity contribution in [2.45, 2.75) is 47.1 Å². The molecule has 11 heavy (non-hydrogen) atoms. The second kappa shape index (κ2) is 5.59. The minimum atomic E-state index is 0.662. The summed E-state index contributed by atoms with van der Waals surface area (Å²) < 4.78 is 0. The Balaban J connectivity index is 3.70. The first-order valence-electron chi connectivity index (χ1n) is 4.86. The lowest BCUT2D eigenvalue weighted by atomic mass is 9.88. The maximum Gasteiger partial charge on any atom is 0.00667 e. The van der Waals surface area contributed by atoms with Gasteiger partial charge in [0.2, 0.25) is 0 Å². The van der Waals surface area contributed by atoms with E-state index in [0.717, 1.165) is 18.4 Å². The summed E-state index contributed by atoms with van der Waals surface area (Å²) in [5.41, 5.74) is 0. The van der Waals surface area contributed by atoms with Crippen LogP contribution in [0.2, 0.25) is 0 Å². The highest BCUT2D eigenvalue weighted by Crippen LogP contribution is 2.17. The van der Waals surface area contributed by atoms with Crippen LogP contribution >= 0.6 is 0 Å². The molecule has 0 radical (unpaired) electrons. The van der Waals surface area contributed by atoms with Gasteiger partial charge in [0.15, 0.2) is 0 Å². The summed E-state index contributed by atoms with van der Waals surface area (Å²) >= 11 is 0. The van der Waals surface area contributed by atoms with Gasteiger partial charge < -0.3 is 5.32 Å². The molecule has 0 rings (SSSR count). The zero-order valence-corrected chi connectivity index (χ0v) is 8.65. The van der Waals surface area contributed by atoms with Gasteiger partial charge in [-0.05, 0) is 25.3 Å². The van der Waals surface area contributed by atoms with E-state index in [9.17, 15) is 0 Å². The monoisotopic (exact) mass is 157 g/mol. The molecule has 1 heteroatoms. The van der Waals surface area contributed by atoms with Crippen LogP contribution in [0.25, 0.3) is 0 Å². The molecule has 3 unspecified atom stereocenters. The van der Waals surface area contributed by atoms with Crippen molar-refractivity contribution in [3.05, 3.63) is 0 Å². The summed E-state index contributed by atoms with van der Waals surface area (Å²) in [6.45, 7) is 12.5. The van der Waals surface area contributed by atoms with Crippen LogP contribution in [0.5, 0.6) is 0 Å². The predicted octanol–water partition coefficient (Wildman–Crippen LogP) is 2.67. The van der Waals surface area contributed by atoms with Crippen LogP contribution in [-0.2, 0) is 0 Å². The summed E-state index contributed by atoms with van der Waals surface area (Å²) in [5, 5.41) is 3.46. The lowest BCUT2D eigenvalue weighted by Crippen LogP contribution is -2.34. The van der Waals surface area contributed by atoms with Crippen LogP contribution in [0.4, 0.5) is 0 Å². The molecule has 0 bridgehead atoms. The summed E-state index contributed by atoms with van der Waals surface area (Å²) in [6.07, 6.45) is 1.29. The highest BCUT2D eigenvalue weighted by atomic mass is 14.9. The highest BCUT2D eigenvalue weighted by molar-refractivity contribution is 4.71. The normalized spacial score (nSPS) is 19.4. The summed E-state index contributed by atoms with van der Waals surface area (Å²) in [6, 6.07) is 0.662. The van der Waals surface area contributed by atoms with Gasteiger partial charge in [-0.3, -0.25) is 0 Å². The van der Waals surface area contributed by atoms with Crippen molar-refractivity contribution in [1.29, 1.82) is 0 Å². The first kappa shape index (κ1) is 11.0. The largest absolute Gasteiger partial charge is 0.314 e. The zero-order chi connectivity index (χ0) is 8.85. The van der Waals surface area contributed by atoms with Crippen molar-refractivity contribution in [3.63, 3.8) is 0 Å². The average molecular weight is 157 g/mol. The van der Waals surface area contributed by atoms with Gasteiger partial charge in [-0.2, -0.15) is 0 Å². The molecule has 0 aromatic carbocycles. The quantitative estimate of drug-likeness (QED) is 0.647. The smallest absolute Gasteiger partial charge is 0.00667 e. The van der Waals surface area contributed by atoms with Crippen LogP contribution in [-0.4, -0.2) is 12.6 Å². The number of hydrogen-bond acceptors (Lipinski definition) is 1. The van der Waals surface area contributed by atoms with Crippen molar-refractivity contribution in [3.8, 4) is 0 Å². The lowest BCUT2D eigenvalue weighted by Gasteiger charge is -2.25. The fourth-order valence-electron chi connectivity index (χ4n) is 1.37. The lowest BCUT2D eigenvalue weighted by molar-refractivity contribution is 0.294. The molecule has 0 heterocycles. The Morgan fingerprint density at radius 2 is 1.64 bits per heavy atom. The van der Waals surface area contributed by atoms with E-state index in [1.54, 1.807) is 0 Å². The third kappa shape index (κ3) is 3.76. The van der Waals surface area contributed by atoms with Gasteiger partial charge in [0, 0.05) is 6.04 Å². The van der Waals surface area contributed by atoms with E-state index in [-0.39, 0.29) is 0 Å². The Bertz CT molecular complexity index is 90.9. The van der Waals surface area contributed by atoms with E-state index in [2.05, 4.69) is 39.9 Å². The molecule has 3 atom stereocenters. The first-order valence-corrected chi connectivity index (χ1v) is 4.86. The van der Waals surface area contributed by atoms with Gasteiger partial charge in [0.25, 0.3) is 0 Å². The Hall–Kier alpha value is -0.0400. The Morgan fingerprint density at radius 1 is 1.09 bits per heavy atom. The molecule has 1 N–H and O–H groups in total. The predicted molar refractivity (Wildman–Crippen MR) is 51.8 cm³/mol. The van der Waals surface area contributed by atoms with Gasteiger partial charge in [0.05, 0.1) is 0 Å². The molecule has 0 aliphatic carbocycles. The van der Waals surface area contributed by atoms with E-state index < -0.39 is 0 Å². The van der Waals surface area contributed by atoms with Crippen molar-refractivity contribution in [1.82, 2.24) is 5.32 Å². The molecule has 0 saturated carbocycles. The summed E-state index contributed by atoms with van der Waals surface area (Å²) in [5.74, 6) is 1.63. The van der Waals surface area contributed by atoms with Crippen molar-refractivity contribution >= 4 is 0 Å². The molecule has 0 aliphatic heterocycles. The molecule has 0 aliphatic rings. The van der Waals surface area contributed by atoms with Crippen molar-refractivity contribution < 1.29 is 0 Å². The van der Waals surface area contributed by atoms with Crippen LogP contribution in [0.1, 0.15) is 41.0 Å². The fourth-order valence-corrected chi connectivity index (χ4v) is 1.37. The van der Waals surface area contributed by atoms with Crippen LogP contribution in [0.3, 0.4) is 0 Å². The van der Waals surface area contributed by atoms with E-state index in [0.29, 0.717) is 6.04 Å². The minimum Gasteiger partial charge on any atom is -0.314 e. The third-order valence-corrected chi connectivity index (χ3v) is 2.86. The maximum atomic E-state index is 3.46. The molecular formula is C10H23N. The first-order chi connectivity index (χ1) is 5.13. The SMILES string of the molecule is CCNC(C)C(C)C(C)CC. The number of nitrogens with one attached hydrogen (secondary N) is 1. The molecule has 1 nitrogen and oxygen atoms in total. The fraction of sp³-hybridized carbons (Fsp3) is 1.00. The minimum absolute atomic E-state index is 0.662.